The maximum Gasteiger partial charge on any atom is 0.252 e. The van der Waals surface area contributed by atoms with Crippen LogP contribution < -0.4 is 5.73 Å². The fourth-order valence-corrected chi connectivity index (χ4v) is 2.66. The van der Waals surface area contributed by atoms with Crippen molar-refractivity contribution in [1.82, 2.24) is 15.0 Å². The molecule has 2 aromatic heterocycles. The summed E-state index contributed by atoms with van der Waals surface area (Å²) in [7, 11) is 0. The number of amides is 1. The highest BCUT2D eigenvalue weighted by atomic mass is 19.1. The second kappa shape index (κ2) is 6.32. The molecular weight excluding hydrogens is 326 g/mol. The van der Waals surface area contributed by atoms with Gasteiger partial charge >= 0.3 is 0 Å². The van der Waals surface area contributed by atoms with Crippen molar-refractivity contribution in [3.8, 4) is 11.8 Å². The van der Waals surface area contributed by atoms with Crippen LogP contribution in [0, 0.1) is 23.5 Å². The summed E-state index contributed by atoms with van der Waals surface area (Å²) >= 11 is 0. The highest BCUT2D eigenvalue weighted by Crippen LogP contribution is 2.27. The van der Waals surface area contributed by atoms with Gasteiger partial charge in [-0.05, 0) is 24.5 Å². The SMILES string of the molecule is CC#Cc1[nH]c2nc([C@H](C)c3ccc(F)cc3F)ncc2c1C(N)=O. The molecule has 126 valence electrons. The first-order valence-corrected chi connectivity index (χ1v) is 7.48. The van der Waals surface area contributed by atoms with Gasteiger partial charge in [0, 0.05) is 18.2 Å². The first kappa shape index (κ1) is 16.6. The average Bonchev–Trinajstić information content (AvgIpc) is 2.91. The highest BCUT2D eigenvalue weighted by Gasteiger charge is 2.20. The van der Waals surface area contributed by atoms with Crippen LogP contribution in [-0.4, -0.2) is 20.9 Å². The Balaban J connectivity index is 2.12. The molecule has 7 heteroatoms. The van der Waals surface area contributed by atoms with Crippen LogP contribution >= 0.6 is 0 Å². The number of rotatable bonds is 3. The molecule has 0 unspecified atom stereocenters. The normalized spacial score (nSPS) is 11.8. The molecule has 0 radical (unpaired) electrons. The number of nitrogens with two attached hydrogens (primary N) is 1. The Morgan fingerprint density at radius 3 is 2.76 bits per heavy atom. The summed E-state index contributed by atoms with van der Waals surface area (Å²) in [5.74, 6) is 3.32. The number of fused-ring (bicyclic) bond motifs is 1. The zero-order valence-corrected chi connectivity index (χ0v) is 13.5. The lowest BCUT2D eigenvalue weighted by Gasteiger charge is -2.11. The van der Waals surface area contributed by atoms with E-state index in [1.54, 1.807) is 13.8 Å². The second-order valence-electron chi connectivity index (χ2n) is 5.49. The van der Waals surface area contributed by atoms with Gasteiger partial charge in [-0.3, -0.25) is 4.79 Å². The lowest BCUT2D eigenvalue weighted by atomic mass is 9.99. The van der Waals surface area contributed by atoms with Gasteiger partial charge in [0.2, 0.25) is 0 Å². The minimum atomic E-state index is -0.668. The largest absolute Gasteiger partial charge is 0.365 e. The monoisotopic (exact) mass is 340 g/mol. The smallest absolute Gasteiger partial charge is 0.252 e. The summed E-state index contributed by atoms with van der Waals surface area (Å²) in [4.78, 5) is 23.2. The first-order valence-electron chi connectivity index (χ1n) is 7.48. The van der Waals surface area contributed by atoms with E-state index in [2.05, 4.69) is 26.8 Å². The van der Waals surface area contributed by atoms with Gasteiger partial charge in [0.05, 0.1) is 10.9 Å². The van der Waals surface area contributed by atoms with Crippen molar-refractivity contribution in [2.24, 2.45) is 5.73 Å². The van der Waals surface area contributed by atoms with Gasteiger partial charge in [0.15, 0.2) is 0 Å². The Morgan fingerprint density at radius 2 is 2.12 bits per heavy atom. The number of nitrogens with zero attached hydrogens (tertiary/aromatic N) is 2. The molecule has 0 saturated heterocycles. The molecule has 1 atom stereocenters. The predicted molar refractivity (Wildman–Crippen MR) is 88.8 cm³/mol. The van der Waals surface area contributed by atoms with Crippen LogP contribution in [-0.2, 0) is 0 Å². The molecule has 1 aromatic carbocycles. The minimum absolute atomic E-state index is 0.219. The molecule has 3 aromatic rings. The third-order valence-corrected chi connectivity index (χ3v) is 3.88. The van der Waals surface area contributed by atoms with Crippen LogP contribution in [0.4, 0.5) is 8.78 Å². The third kappa shape index (κ3) is 2.94. The average molecular weight is 340 g/mol. The molecule has 0 bridgehead atoms. The van der Waals surface area contributed by atoms with Gasteiger partial charge in [0.25, 0.3) is 5.91 Å². The number of hydrogen-bond acceptors (Lipinski definition) is 3. The van der Waals surface area contributed by atoms with Crippen molar-refractivity contribution in [2.75, 3.05) is 0 Å². The molecule has 3 N–H and O–H groups in total. The van der Waals surface area contributed by atoms with Gasteiger partial charge in [0.1, 0.15) is 28.8 Å². The molecule has 0 saturated carbocycles. The third-order valence-electron chi connectivity index (χ3n) is 3.88. The summed E-state index contributed by atoms with van der Waals surface area (Å²) in [6.45, 7) is 3.34. The maximum absolute atomic E-state index is 14.0. The lowest BCUT2D eigenvalue weighted by molar-refractivity contribution is 0.100. The summed E-state index contributed by atoms with van der Waals surface area (Å²) in [5, 5.41) is 0.445. The van der Waals surface area contributed by atoms with E-state index in [0.29, 0.717) is 22.6 Å². The summed E-state index contributed by atoms with van der Waals surface area (Å²) in [6, 6.07) is 3.36. The van der Waals surface area contributed by atoms with E-state index in [-0.39, 0.29) is 11.1 Å². The number of aromatic amines is 1. The fraction of sp³-hybridized carbons (Fsp3) is 0.167. The Kier molecular flexibility index (Phi) is 4.19. The number of nitrogens with one attached hydrogen (secondary N) is 1. The minimum Gasteiger partial charge on any atom is -0.365 e. The second-order valence-corrected chi connectivity index (χ2v) is 5.49. The zero-order chi connectivity index (χ0) is 18.1. The summed E-state index contributed by atoms with van der Waals surface area (Å²) in [5.41, 5.74) is 6.64. The van der Waals surface area contributed by atoms with Crippen LogP contribution in [0.15, 0.2) is 24.4 Å². The van der Waals surface area contributed by atoms with Crippen LogP contribution in [0.25, 0.3) is 11.0 Å². The Labute approximate surface area is 142 Å². The van der Waals surface area contributed by atoms with Gasteiger partial charge < -0.3 is 10.7 Å². The number of benzene rings is 1. The number of carbonyl (C=O) groups excluding carboxylic acids is 1. The molecule has 0 fully saturated rings. The number of primary amides is 1. The molecule has 1 amide bonds. The molecule has 0 aliphatic rings. The van der Waals surface area contributed by atoms with Gasteiger partial charge in [-0.2, -0.15) is 0 Å². The standard InChI is InChI=1S/C18H14F2N4O/c1-3-4-14-15(16(21)25)12-8-22-17(24-18(12)23-14)9(2)11-6-5-10(19)7-13(11)20/h5-9H,1-2H3,(H2,21,25)(H,22,23,24)/t9-/m1/s1. The molecule has 0 spiro atoms. The van der Waals surface area contributed by atoms with E-state index < -0.39 is 23.5 Å². The van der Waals surface area contributed by atoms with Crippen molar-refractivity contribution >= 4 is 16.9 Å². The van der Waals surface area contributed by atoms with E-state index in [4.69, 9.17) is 5.73 Å². The van der Waals surface area contributed by atoms with Crippen LogP contribution in [0.3, 0.4) is 0 Å². The summed E-state index contributed by atoms with van der Waals surface area (Å²) in [6.07, 6.45) is 1.45. The Morgan fingerprint density at radius 1 is 1.36 bits per heavy atom. The van der Waals surface area contributed by atoms with Crippen molar-refractivity contribution in [2.45, 2.75) is 19.8 Å². The quantitative estimate of drug-likeness (QED) is 0.719. The number of hydrogen-bond donors (Lipinski definition) is 2. The number of halogens is 2. The number of aromatic nitrogens is 3. The molecule has 5 nitrogen and oxygen atoms in total. The Bertz CT molecular complexity index is 1050. The van der Waals surface area contributed by atoms with Crippen molar-refractivity contribution in [1.29, 1.82) is 0 Å². The van der Waals surface area contributed by atoms with Crippen LogP contribution in [0.2, 0.25) is 0 Å². The maximum atomic E-state index is 14.0. The lowest BCUT2D eigenvalue weighted by Crippen LogP contribution is -2.12. The number of H-pyrrole nitrogens is 1. The van der Waals surface area contributed by atoms with Crippen molar-refractivity contribution < 1.29 is 13.6 Å². The molecular formula is C18H14F2N4O. The van der Waals surface area contributed by atoms with Crippen LogP contribution in [0.1, 0.15) is 47.2 Å². The van der Waals surface area contributed by atoms with Gasteiger partial charge in [-0.25, -0.2) is 18.7 Å². The molecule has 2 heterocycles. The first-order chi connectivity index (χ1) is 11.9. The van der Waals surface area contributed by atoms with E-state index in [1.165, 1.54) is 18.3 Å². The molecule has 0 aliphatic carbocycles. The summed E-state index contributed by atoms with van der Waals surface area (Å²) < 4.78 is 27.1. The molecule has 3 rings (SSSR count). The molecule has 25 heavy (non-hydrogen) atoms. The zero-order valence-electron chi connectivity index (χ0n) is 13.5. The highest BCUT2D eigenvalue weighted by molar-refractivity contribution is 6.07. The topological polar surface area (TPSA) is 84.7 Å². The van der Waals surface area contributed by atoms with E-state index in [9.17, 15) is 13.6 Å². The van der Waals surface area contributed by atoms with Gasteiger partial charge in [-0.1, -0.05) is 18.9 Å². The van der Waals surface area contributed by atoms with Crippen molar-refractivity contribution in [3.05, 3.63) is 58.7 Å². The molecule has 0 aliphatic heterocycles. The van der Waals surface area contributed by atoms with Gasteiger partial charge in [-0.15, -0.1) is 0 Å². The van der Waals surface area contributed by atoms with E-state index in [1.807, 2.05) is 0 Å². The van der Waals surface area contributed by atoms with E-state index >= 15 is 0 Å². The van der Waals surface area contributed by atoms with Crippen molar-refractivity contribution in [3.63, 3.8) is 0 Å². The van der Waals surface area contributed by atoms with E-state index in [0.717, 1.165) is 6.07 Å². The number of carbonyl (C=O) groups is 1. The Hall–Kier alpha value is -3.27. The van der Waals surface area contributed by atoms with Crippen LogP contribution in [0.5, 0.6) is 0 Å². The fourth-order valence-electron chi connectivity index (χ4n) is 2.66. The predicted octanol–water partition coefficient (Wildman–Crippen LogP) is 2.86.